The first-order valence-electron chi connectivity index (χ1n) is 7.15. The van der Waals surface area contributed by atoms with Gasteiger partial charge < -0.3 is 15.4 Å². The molecule has 6 heteroatoms. The molecule has 1 fully saturated rings. The number of nitrogens with one attached hydrogen (secondary N) is 2. The second kappa shape index (κ2) is 7.79. The Bertz CT molecular complexity index is 416. The Morgan fingerprint density at radius 2 is 2.15 bits per heavy atom. The van der Waals surface area contributed by atoms with Crippen LogP contribution in [0.15, 0.2) is 12.4 Å². The number of amides is 1. The minimum atomic E-state index is -0.194. The Morgan fingerprint density at radius 3 is 2.80 bits per heavy atom. The second-order valence-corrected chi connectivity index (χ2v) is 5.01. The van der Waals surface area contributed by atoms with E-state index in [0.29, 0.717) is 24.9 Å². The SMILES string of the molecule is COCCCNC(=O)c1cnc(NC2CCCC2)cn1. The van der Waals surface area contributed by atoms with E-state index in [-0.39, 0.29) is 5.91 Å². The van der Waals surface area contributed by atoms with Crippen LogP contribution in [-0.2, 0) is 4.74 Å². The fourth-order valence-electron chi connectivity index (χ4n) is 2.31. The predicted molar refractivity (Wildman–Crippen MR) is 76.7 cm³/mol. The lowest BCUT2D eigenvalue weighted by Gasteiger charge is -2.12. The van der Waals surface area contributed by atoms with Crippen LogP contribution in [0.5, 0.6) is 0 Å². The minimum Gasteiger partial charge on any atom is -0.385 e. The lowest BCUT2D eigenvalue weighted by Crippen LogP contribution is -2.26. The molecule has 2 rings (SSSR count). The van der Waals surface area contributed by atoms with Crippen LogP contribution in [0.4, 0.5) is 5.82 Å². The Labute approximate surface area is 119 Å². The first kappa shape index (κ1) is 14.7. The van der Waals surface area contributed by atoms with Gasteiger partial charge in [-0.25, -0.2) is 9.97 Å². The molecule has 1 amide bonds. The minimum absolute atomic E-state index is 0.194. The fourth-order valence-corrected chi connectivity index (χ4v) is 2.31. The van der Waals surface area contributed by atoms with Gasteiger partial charge in [0.15, 0.2) is 0 Å². The number of anilines is 1. The molecule has 1 saturated carbocycles. The molecule has 20 heavy (non-hydrogen) atoms. The van der Waals surface area contributed by atoms with E-state index in [9.17, 15) is 4.79 Å². The summed E-state index contributed by atoms with van der Waals surface area (Å²) < 4.78 is 4.92. The average molecular weight is 278 g/mol. The topological polar surface area (TPSA) is 76.1 Å². The number of nitrogens with zero attached hydrogens (tertiary/aromatic N) is 2. The van der Waals surface area contributed by atoms with Crippen molar-refractivity contribution in [1.29, 1.82) is 0 Å². The molecular weight excluding hydrogens is 256 g/mol. The first-order valence-corrected chi connectivity index (χ1v) is 7.15. The number of rotatable bonds is 7. The van der Waals surface area contributed by atoms with Crippen LogP contribution in [-0.4, -0.2) is 42.2 Å². The van der Waals surface area contributed by atoms with Gasteiger partial charge in [-0.1, -0.05) is 12.8 Å². The Hall–Kier alpha value is -1.69. The molecule has 1 aromatic rings. The number of aromatic nitrogens is 2. The van der Waals surface area contributed by atoms with Crippen LogP contribution in [0.3, 0.4) is 0 Å². The van der Waals surface area contributed by atoms with Crippen LogP contribution in [0.2, 0.25) is 0 Å². The molecule has 1 aromatic heterocycles. The van der Waals surface area contributed by atoms with Crippen molar-refractivity contribution in [3.05, 3.63) is 18.1 Å². The summed E-state index contributed by atoms with van der Waals surface area (Å²) in [5.41, 5.74) is 0.347. The van der Waals surface area contributed by atoms with Crippen molar-refractivity contribution < 1.29 is 9.53 Å². The maximum atomic E-state index is 11.8. The van der Waals surface area contributed by atoms with Gasteiger partial charge in [-0.2, -0.15) is 0 Å². The van der Waals surface area contributed by atoms with Crippen molar-refractivity contribution in [2.24, 2.45) is 0 Å². The molecule has 0 spiro atoms. The zero-order valence-electron chi connectivity index (χ0n) is 11.9. The number of methoxy groups -OCH3 is 1. The zero-order chi connectivity index (χ0) is 14.2. The highest BCUT2D eigenvalue weighted by atomic mass is 16.5. The van der Waals surface area contributed by atoms with E-state index < -0.39 is 0 Å². The third kappa shape index (κ3) is 4.45. The number of hydrogen-bond donors (Lipinski definition) is 2. The molecule has 0 aromatic carbocycles. The van der Waals surface area contributed by atoms with Gasteiger partial charge in [-0.3, -0.25) is 4.79 Å². The van der Waals surface area contributed by atoms with Gasteiger partial charge in [0.2, 0.25) is 0 Å². The molecular formula is C14H22N4O2. The van der Waals surface area contributed by atoms with Crippen molar-refractivity contribution in [2.45, 2.75) is 38.1 Å². The highest BCUT2D eigenvalue weighted by Crippen LogP contribution is 2.20. The average Bonchev–Trinajstić information content (AvgIpc) is 2.97. The van der Waals surface area contributed by atoms with Crippen molar-refractivity contribution in [3.8, 4) is 0 Å². The van der Waals surface area contributed by atoms with E-state index in [2.05, 4.69) is 20.6 Å². The molecule has 0 atom stereocenters. The Balaban J connectivity index is 1.79. The van der Waals surface area contributed by atoms with E-state index in [1.54, 1.807) is 13.3 Å². The number of ether oxygens (including phenoxy) is 1. The summed E-state index contributed by atoms with van der Waals surface area (Å²) in [7, 11) is 1.64. The molecule has 6 nitrogen and oxygen atoms in total. The maximum Gasteiger partial charge on any atom is 0.271 e. The molecule has 1 aliphatic rings. The molecule has 0 radical (unpaired) electrons. The van der Waals surface area contributed by atoms with Gasteiger partial charge in [-0.15, -0.1) is 0 Å². The summed E-state index contributed by atoms with van der Waals surface area (Å²) in [4.78, 5) is 20.2. The zero-order valence-corrected chi connectivity index (χ0v) is 11.9. The Kier molecular flexibility index (Phi) is 5.73. The summed E-state index contributed by atoms with van der Waals surface area (Å²) in [5.74, 6) is 0.550. The summed E-state index contributed by atoms with van der Waals surface area (Å²) in [6.07, 6.45) is 8.84. The van der Waals surface area contributed by atoms with Gasteiger partial charge in [0.05, 0.1) is 12.4 Å². The van der Waals surface area contributed by atoms with Crippen LogP contribution in [0.25, 0.3) is 0 Å². The molecule has 2 N–H and O–H groups in total. The molecule has 1 heterocycles. The summed E-state index contributed by atoms with van der Waals surface area (Å²) in [6, 6.07) is 0.498. The molecule has 0 saturated heterocycles. The van der Waals surface area contributed by atoms with Gasteiger partial charge in [0.1, 0.15) is 11.5 Å². The fraction of sp³-hybridized carbons (Fsp3) is 0.643. The van der Waals surface area contributed by atoms with Crippen molar-refractivity contribution >= 4 is 11.7 Å². The highest BCUT2D eigenvalue weighted by molar-refractivity contribution is 5.91. The van der Waals surface area contributed by atoms with E-state index in [0.717, 1.165) is 12.2 Å². The van der Waals surface area contributed by atoms with Crippen molar-refractivity contribution in [3.63, 3.8) is 0 Å². The summed E-state index contributed by atoms with van der Waals surface area (Å²) in [5, 5.41) is 6.13. The normalized spacial score (nSPS) is 15.2. The van der Waals surface area contributed by atoms with Crippen LogP contribution < -0.4 is 10.6 Å². The van der Waals surface area contributed by atoms with E-state index in [4.69, 9.17) is 4.74 Å². The molecule has 1 aliphatic carbocycles. The monoisotopic (exact) mass is 278 g/mol. The van der Waals surface area contributed by atoms with Gasteiger partial charge >= 0.3 is 0 Å². The van der Waals surface area contributed by atoms with E-state index >= 15 is 0 Å². The summed E-state index contributed by atoms with van der Waals surface area (Å²) in [6.45, 7) is 1.21. The van der Waals surface area contributed by atoms with E-state index in [1.165, 1.54) is 31.9 Å². The highest BCUT2D eigenvalue weighted by Gasteiger charge is 2.15. The van der Waals surface area contributed by atoms with Crippen LogP contribution in [0, 0.1) is 0 Å². The lowest BCUT2D eigenvalue weighted by atomic mass is 10.2. The van der Waals surface area contributed by atoms with Crippen molar-refractivity contribution in [2.75, 3.05) is 25.6 Å². The van der Waals surface area contributed by atoms with Crippen LogP contribution in [0.1, 0.15) is 42.6 Å². The van der Waals surface area contributed by atoms with Crippen molar-refractivity contribution in [1.82, 2.24) is 15.3 Å². The van der Waals surface area contributed by atoms with Gasteiger partial charge in [-0.05, 0) is 19.3 Å². The lowest BCUT2D eigenvalue weighted by molar-refractivity contribution is 0.0943. The van der Waals surface area contributed by atoms with E-state index in [1.807, 2.05) is 0 Å². The number of carbonyl (C=O) groups is 1. The first-order chi connectivity index (χ1) is 9.79. The maximum absolute atomic E-state index is 11.8. The Morgan fingerprint density at radius 1 is 1.35 bits per heavy atom. The predicted octanol–water partition coefficient (Wildman–Crippen LogP) is 1.60. The quantitative estimate of drug-likeness (QED) is 0.741. The molecule has 0 bridgehead atoms. The smallest absolute Gasteiger partial charge is 0.271 e. The van der Waals surface area contributed by atoms with Gasteiger partial charge in [0, 0.05) is 26.3 Å². The van der Waals surface area contributed by atoms with Crippen LogP contribution >= 0.6 is 0 Å². The largest absolute Gasteiger partial charge is 0.385 e. The standard InChI is InChI=1S/C14H22N4O2/c1-20-8-4-7-15-14(19)12-9-17-13(10-16-12)18-11-5-2-3-6-11/h9-11H,2-8H2,1H3,(H,15,19)(H,17,18). The molecule has 0 aliphatic heterocycles. The number of carbonyl (C=O) groups excluding carboxylic acids is 1. The molecule has 0 unspecified atom stereocenters. The third-order valence-electron chi connectivity index (χ3n) is 3.40. The summed E-state index contributed by atoms with van der Waals surface area (Å²) >= 11 is 0. The van der Waals surface area contributed by atoms with Gasteiger partial charge in [0.25, 0.3) is 5.91 Å². The third-order valence-corrected chi connectivity index (χ3v) is 3.40. The second-order valence-electron chi connectivity index (χ2n) is 5.01. The molecule has 110 valence electrons. The number of hydrogen-bond acceptors (Lipinski definition) is 5.